The molecule has 0 saturated carbocycles. The van der Waals surface area contributed by atoms with Crippen LogP contribution >= 0.6 is 0 Å². The summed E-state index contributed by atoms with van der Waals surface area (Å²) in [5, 5.41) is 16.8. The summed E-state index contributed by atoms with van der Waals surface area (Å²) in [7, 11) is 1.70. The van der Waals surface area contributed by atoms with Gasteiger partial charge in [0.25, 0.3) is 0 Å². The number of likely N-dealkylation sites (N-methyl/N-ethyl adjacent to an activating group) is 1. The van der Waals surface area contributed by atoms with Crippen LogP contribution < -0.4 is 4.90 Å². The molecule has 0 atom stereocenters. The van der Waals surface area contributed by atoms with Crippen molar-refractivity contribution in [1.82, 2.24) is 15.0 Å². The van der Waals surface area contributed by atoms with Crippen molar-refractivity contribution in [3.8, 4) is 0 Å². The average Bonchev–Trinajstić information content (AvgIpc) is 2.77. The molecule has 106 valence electrons. The fourth-order valence-electron chi connectivity index (χ4n) is 1.92. The second kappa shape index (κ2) is 5.68. The molecule has 0 amide bonds. The third-order valence-electron chi connectivity index (χ3n) is 2.99. The Morgan fingerprint density at radius 2 is 2.15 bits per heavy atom. The van der Waals surface area contributed by atoms with Crippen molar-refractivity contribution in [1.29, 1.82) is 0 Å². The molecule has 7 heteroatoms. The Hall–Kier alpha value is -2.44. The first-order chi connectivity index (χ1) is 9.47. The van der Waals surface area contributed by atoms with Crippen molar-refractivity contribution in [2.75, 3.05) is 18.5 Å². The zero-order valence-electron chi connectivity index (χ0n) is 11.4. The Morgan fingerprint density at radius 3 is 2.80 bits per heavy atom. The molecule has 1 N–H and O–H groups in total. The Morgan fingerprint density at radius 1 is 1.40 bits per heavy atom. The van der Waals surface area contributed by atoms with Crippen LogP contribution in [0.1, 0.15) is 13.3 Å². The second-order valence-corrected chi connectivity index (χ2v) is 4.69. The van der Waals surface area contributed by atoms with E-state index in [2.05, 4.69) is 10.3 Å². The van der Waals surface area contributed by atoms with E-state index in [1.807, 2.05) is 12.1 Å². The first-order valence-electron chi connectivity index (χ1n) is 6.23. The van der Waals surface area contributed by atoms with E-state index in [4.69, 9.17) is 5.11 Å². The van der Waals surface area contributed by atoms with Gasteiger partial charge in [-0.25, -0.2) is 4.68 Å². The summed E-state index contributed by atoms with van der Waals surface area (Å²) < 4.78 is 1.68. The van der Waals surface area contributed by atoms with Crippen molar-refractivity contribution in [3.63, 3.8) is 0 Å². The minimum atomic E-state index is -0.891. The number of rotatable bonds is 6. The molecule has 0 aliphatic heterocycles. The van der Waals surface area contributed by atoms with Gasteiger partial charge in [-0.1, -0.05) is 5.21 Å². The van der Waals surface area contributed by atoms with Crippen LogP contribution in [0, 0.1) is 0 Å². The third-order valence-corrected chi connectivity index (χ3v) is 2.99. The standard InChI is InChI=1S/C13H16N4O3/c1-9(18)5-6-17-12-4-3-10(7-11(12)14-15-17)16(2)8-13(19)20/h3-4,7H,5-6,8H2,1-2H3,(H,19,20). The molecule has 1 heterocycles. The molecule has 2 aromatic rings. The van der Waals surface area contributed by atoms with Gasteiger partial charge in [0.1, 0.15) is 17.8 Å². The largest absolute Gasteiger partial charge is 0.480 e. The van der Waals surface area contributed by atoms with E-state index >= 15 is 0 Å². The summed E-state index contributed by atoms with van der Waals surface area (Å²) in [6.07, 6.45) is 0.416. The van der Waals surface area contributed by atoms with Gasteiger partial charge in [0.15, 0.2) is 0 Å². The van der Waals surface area contributed by atoms with E-state index in [9.17, 15) is 9.59 Å². The van der Waals surface area contributed by atoms with Gasteiger partial charge >= 0.3 is 5.97 Å². The molecule has 0 fully saturated rings. The van der Waals surface area contributed by atoms with Crippen molar-refractivity contribution in [2.45, 2.75) is 19.9 Å². The van der Waals surface area contributed by atoms with Crippen molar-refractivity contribution in [3.05, 3.63) is 18.2 Å². The maximum Gasteiger partial charge on any atom is 0.323 e. The molecule has 1 aromatic carbocycles. The van der Waals surface area contributed by atoms with Crippen LogP contribution in [0.3, 0.4) is 0 Å². The van der Waals surface area contributed by atoms with Crippen LogP contribution in [0.15, 0.2) is 18.2 Å². The predicted molar refractivity (Wildman–Crippen MR) is 73.7 cm³/mol. The average molecular weight is 276 g/mol. The van der Waals surface area contributed by atoms with Gasteiger partial charge in [-0.15, -0.1) is 5.10 Å². The lowest BCUT2D eigenvalue weighted by molar-refractivity contribution is -0.135. The Labute approximate surface area is 115 Å². The minimum absolute atomic E-state index is 0.0794. The number of benzene rings is 1. The zero-order chi connectivity index (χ0) is 14.7. The van der Waals surface area contributed by atoms with Gasteiger partial charge in [0, 0.05) is 19.2 Å². The van der Waals surface area contributed by atoms with Crippen LogP contribution in [0.5, 0.6) is 0 Å². The lowest BCUT2D eigenvalue weighted by atomic mass is 10.2. The molecule has 0 aliphatic carbocycles. The number of aliphatic carboxylic acids is 1. The van der Waals surface area contributed by atoms with Crippen LogP contribution in [0.4, 0.5) is 5.69 Å². The van der Waals surface area contributed by atoms with Crippen LogP contribution in [-0.2, 0) is 16.1 Å². The SMILES string of the molecule is CC(=O)CCn1nnc2cc(N(C)CC(=O)O)ccc21. The molecule has 0 saturated heterocycles. The zero-order valence-corrected chi connectivity index (χ0v) is 11.4. The quantitative estimate of drug-likeness (QED) is 0.844. The summed E-state index contributed by atoms with van der Waals surface area (Å²) in [6.45, 7) is 1.96. The maximum atomic E-state index is 11.0. The van der Waals surface area contributed by atoms with Crippen LogP contribution in [-0.4, -0.2) is 45.4 Å². The first kappa shape index (κ1) is 14.0. The number of aryl methyl sites for hydroxylation is 1. The van der Waals surface area contributed by atoms with E-state index < -0.39 is 5.97 Å². The predicted octanol–water partition coefficient (Wildman–Crippen LogP) is 0.931. The molecule has 7 nitrogen and oxygen atoms in total. The smallest absolute Gasteiger partial charge is 0.323 e. The highest BCUT2D eigenvalue weighted by atomic mass is 16.4. The summed E-state index contributed by atoms with van der Waals surface area (Å²) in [6, 6.07) is 5.44. The first-order valence-corrected chi connectivity index (χ1v) is 6.23. The Balaban J connectivity index is 2.23. The lowest BCUT2D eigenvalue weighted by Crippen LogP contribution is -2.24. The fourth-order valence-corrected chi connectivity index (χ4v) is 1.92. The maximum absolute atomic E-state index is 11.0. The number of anilines is 1. The number of nitrogens with zero attached hydrogens (tertiary/aromatic N) is 4. The molecule has 0 aliphatic rings. The molecule has 1 aromatic heterocycles. The number of aromatic nitrogens is 3. The fraction of sp³-hybridized carbons (Fsp3) is 0.385. The lowest BCUT2D eigenvalue weighted by Gasteiger charge is -2.16. The summed E-state index contributed by atoms with van der Waals surface area (Å²) in [4.78, 5) is 23.3. The van der Waals surface area contributed by atoms with E-state index in [0.717, 1.165) is 11.2 Å². The highest BCUT2D eigenvalue weighted by molar-refractivity contribution is 5.81. The van der Waals surface area contributed by atoms with Gasteiger partial charge in [-0.3, -0.25) is 9.59 Å². The van der Waals surface area contributed by atoms with Crippen molar-refractivity contribution >= 4 is 28.5 Å². The molecule has 20 heavy (non-hydrogen) atoms. The van der Waals surface area contributed by atoms with Gasteiger partial charge in [-0.05, 0) is 25.1 Å². The van der Waals surface area contributed by atoms with Crippen molar-refractivity contribution < 1.29 is 14.7 Å². The highest BCUT2D eigenvalue weighted by Gasteiger charge is 2.10. The highest BCUT2D eigenvalue weighted by Crippen LogP contribution is 2.19. The molecule has 0 bridgehead atoms. The van der Waals surface area contributed by atoms with E-state index in [1.165, 1.54) is 6.92 Å². The number of hydrogen-bond acceptors (Lipinski definition) is 5. The Bertz CT molecular complexity index is 650. The monoisotopic (exact) mass is 276 g/mol. The van der Waals surface area contributed by atoms with E-state index in [1.54, 1.807) is 22.7 Å². The summed E-state index contributed by atoms with van der Waals surface area (Å²) >= 11 is 0. The molecular formula is C13H16N4O3. The number of hydrogen-bond donors (Lipinski definition) is 1. The number of Topliss-reactive ketones (excluding diaryl/α,β-unsaturated/α-hetero) is 1. The Kier molecular flexibility index (Phi) is 3.97. The molecular weight excluding hydrogens is 260 g/mol. The number of fused-ring (bicyclic) bond motifs is 1. The van der Waals surface area contributed by atoms with Crippen LogP contribution in [0.2, 0.25) is 0 Å². The van der Waals surface area contributed by atoms with Gasteiger partial charge in [0.2, 0.25) is 0 Å². The molecule has 0 unspecified atom stereocenters. The minimum Gasteiger partial charge on any atom is -0.480 e. The number of ketones is 1. The number of carbonyl (C=O) groups is 2. The van der Waals surface area contributed by atoms with Crippen molar-refractivity contribution in [2.24, 2.45) is 0 Å². The van der Waals surface area contributed by atoms with Gasteiger partial charge in [-0.2, -0.15) is 0 Å². The van der Waals surface area contributed by atoms with E-state index in [-0.39, 0.29) is 12.3 Å². The third kappa shape index (κ3) is 3.11. The second-order valence-electron chi connectivity index (χ2n) is 4.69. The van der Waals surface area contributed by atoms with E-state index in [0.29, 0.717) is 18.5 Å². The van der Waals surface area contributed by atoms with Gasteiger partial charge in [0.05, 0.1) is 12.1 Å². The number of carboxylic acid groups (broad SMARTS) is 1. The van der Waals surface area contributed by atoms with Crippen LogP contribution in [0.25, 0.3) is 11.0 Å². The van der Waals surface area contributed by atoms with Gasteiger partial charge < -0.3 is 10.0 Å². The molecule has 0 radical (unpaired) electrons. The normalized spacial score (nSPS) is 10.7. The number of carboxylic acids is 1. The summed E-state index contributed by atoms with van der Waals surface area (Å²) in [5.74, 6) is -0.788. The number of carbonyl (C=O) groups excluding carboxylic acids is 1. The topological polar surface area (TPSA) is 88.3 Å². The summed E-state index contributed by atoms with van der Waals surface area (Å²) in [5.41, 5.74) is 2.28. The molecule has 0 spiro atoms. The molecule has 2 rings (SSSR count).